The van der Waals surface area contributed by atoms with Crippen LogP contribution in [0.1, 0.15) is 0 Å². The first-order chi connectivity index (χ1) is 8.79. The van der Waals surface area contributed by atoms with E-state index in [4.69, 9.17) is 14.9 Å². The van der Waals surface area contributed by atoms with Gasteiger partial charge < -0.3 is 14.9 Å². The topological polar surface area (TPSA) is 61.3 Å². The summed E-state index contributed by atoms with van der Waals surface area (Å²) in [5.74, 6) is 1.20. The van der Waals surface area contributed by atoms with Gasteiger partial charge in [0.05, 0.1) is 12.7 Å². The molecule has 0 bridgehead atoms. The van der Waals surface area contributed by atoms with Gasteiger partial charge in [0.2, 0.25) is 5.89 Å². The average molecular weight is 240 g/mol. The van der Waals surface area contributed by atoms with E-state index in [2.05, 4.69) is 4.98 Å². The standard InChI is InChI=1S/C14H12N2O2/c1-17-11-7-4-8-12-13(11)16-14(18-12)9-5-2-3-6-10(9)15/h2-8H,15H2,1H3. The minimum absolute atomic E-state index is 0.507. The molecule has 2 N–H and O–H groups in total. The van der Waals surface area contributed by atoms with Gasteiger partial charge in [-0.15, -0.1) is 0 Å². The van der Waals surface area contributed by atoms with Gasteiger partial charge >= 0.3 is 0 Å². The molecule has 0 saturated carbocycles. The third-order valence-electron chi connectivity index (χ3n) is 2.79. The summed E-state index contributed by atoms with van der Waals surface area (Å²) in [6, 6.07) is 13.1. The number of methoxy groups -OCH3 is 1. The number of nitrogens with zero attached hydrogens (tertiary/aromatic N) is 1. The van der Waals surface area contributed by atoms with Crippen LogP contribution in [0, 0.1) is 0 Å². The van der Waals surface area contributed by atoms with Crippen molar-refractivity contribution in [2.24, 2.45) is 0 Å². The van der Waals surface area contributed by atoms with E-state index >= 15 is 0 Å². The Morgan fingerprint density at radius 2 is 1.94 bits per heavy atom. The predicted molar refractivity (Wildman–Crippen MR) is 70.4 cm³/mol. The van der Waals surface area contributed by atoms with Gasteiger partial charge in [-0.3, -0.25) is 0 Å². The van der Waals surface area contributed by atoms with E-state index in [9.17, 15) is 0 Å². The van der Waals surface area contributed by atoms with Crippen LogP contribution < -0.4 is 10.5 Å². The van der Waals surface area contributed by atoms with Crippen LogP contribution in [0.3, 0.4) is 0 Å². The van der Waals surface area contributed by atoms with Crippen molar-refractivity contribution in [1.82, 2.24) is 4.98 Å². The predicted octanol–water partition coefficient (Wildman–Crippen LogP) is 3.09. The highest BCUT2D eigenvalue weighted by Gasteiger charge is 2.13. The Kier molecular flexibility index (Phi) is 2.41. The smallest absolute Gasteiger partial charge is 0.229 e. The van der Waals surface area contributed by atoms with Crippen molar-refractivity contribution in [3.63, 3.8) is 0 Å². The quantitative estimate of drug-likeness (QED) is 0.699. The Morgan fingerprint density at radius 3 is 2.72 bits per heavy atom. The maximum Gasteiger partial charge on any atom is 0.229 e. The van der Waals surface area contributed by atoms with E-state index in [1.165, 1.54) is 0 Å². The third kappa shape index (κ3) is 1.59. The molecule has 0 saturated heterocycles. The minimum atomic E-state index is 0.507. The zero-order valence-corrected chi connectivity index (χ0v) is 9.88. The highest BCUT2D eigenvalue weighted by molar-refractivity contribution is 5.84. The van der Waals surface area contributed by atoms with Gasteiger partial charge in [0, 0.05) is 5.69 Å². The second-order valence-electron chi connectivity index (χ2n) is 3.91. The zero-order valence-electron chi connectivity index (χ0n) is 9.88. The maximum atomic E-state index is 5.91. The van der Waals surface area contributed by atoms with E-state index in [1.807, 2.05) is 42.5 Å². The fourth-order valence-electron chi connectivity index (χ4n) is 1.89. The summed E-state index contributed by atoms with van der Waals surface area (Å²) in [6.07, 6.45) is 0. The second-order valence-corrected chi connectivity index (χ2v) is 3.91. The number of hydrogen-bond acceptors (Lipinski definition) is 4. The van der Waals surface area contributed by atoms with Gasteiger partial charge in [-0.2, -0.15) is 0 Å². The number of anilines is 1. The van der Waals surface area contributed by atoms with Crippen LogP contribution in [0.25, 0.3) is 22.6 Å². The monoisotopic (exact) mass is 240 g/mol. The molecule has 0 fully saturated rings. The molecule has 3 aromatic rings. The van der Waals surface area contributed by atoms with Crippen LogP contribution in [-0.4, -0.2) is 12.1 Å². The number of benzene rings is 2. The Balaban J connectivity index is 2.23. The molecule has 0 aliphatic rings. The third-order valence-corrected chi connectivity index (χ3v) is 2.79. The molecular formula is C14H12N2O2. The largest absolute Gasteiger partial charge is 0.494 e. The lowest BCUT2D eigenvalue weighted by Crippen LogP contribution is -1.89. The summed E-state index contributed by atoms with van der Waals surface area (Å²) >= 11 is 0. The van der Waals surface area contributed by atoms with Gasteiger partial charge in [0.25, 0.3) is 0 Å². The maximum absolute atomic E-state index is 5.91. The molecule has 18 heavy (non-hydrogen) atoms. The highest BCUT2D eigenvalue weighted by atomic mass is 16.5. The number of nitrogen functional groups attached to an aromatic ring is 1. The van der Waals surface area contributed by atoms with Gasteiger partial charge in [0.1, 0.15) is 5.75 Å². The van der Waals surface area contributed by atoms with E-state index < -0.39 is 0 Å². The van der Waals surface area contributed by atoms with Crippen molar-refractivity contribution in [3.8, 4) is 17.2 Å². The lowest BCUT2D eigenvalue weighted by Gasteiger charge is -1.98. The Bertz CT molecular complexity index is 704. The van der Waals surface area contributed by atoms with Crippen molar-refractivity contribution in [2.75, 3.05) is 12.8 Å². The Labute approximate surface area is 104 Å². The van der Waals surface area contributed by atoms with E-state index in [0.717, 1.165) is 5.56 Å². The molecule has 4 nitrogen and oxygen atoms in total. The second kappa shape index (κ2) is 4.07. The number of hydrogen-bond donors (Lipinski definition) is 1. The molecule has 3 rings (SSSR count). The van der Waals surface area contributed by atoms with Crippen molar-refractivity contribution < 1.29 is 9.15 Å². The first-order valence-corrected chi connectivity index (χ1v) is 5.58. The summed E-state index contributed by atoms with van der Waals surface area (Å²) < 4.78 is 11.0. The highest BCUT2D eigenvalue weighted by Crippen LogP contribution is 2.31. The fourth-order valence-corrected chi connectivity index (χ4v) is 1.89. The summed E-state index contributed by atoms with van der Waals surface area (Å²) in [5.41, 5.74) is 8.74. The molecule has 0 atom stereocenters. The van der Waals surface area contributed by atoms with Crippen LogP contribution in [0.4, 0.5) is 5.69 Å². The SMILES string of the molecule is COc1cccc2oc(-c3ccccc3N)nc12. The van der Waals surface area contributed by atoms with Gasteiger partial charge in [-0.05, 0) is 24.3 Å². The van der Waals surface area contributed by atoms with Crippen LogP contribution in [0.2, 0.25) is 0 Å². The molecule has 1 aromatic heterocycles. The number of para-hydroxylation sites is 2. The van der Waals surface area contributed by atoms with E-state index in [0.29, 0.717) is 28.4 Å². The number of fused-ring (bicyclic) bond motifs is 1. The number of oxazole rings is 1. The van der Waals surface area contributed by atoms with Crippen LogP contribution in [0.15, 0.2) is 46.9 Å². The van der Waals surface area contributed by atoms with Gasteiger partial charge in [-0.25, -0.2) is 4.98 Å². The van der Waals surface area contributed by atoms with Crippen molar-refractivity contribution in [3.05, 3.63) is 42.5 Å². The molecule has 1 heterocycles. The summed E-state index contributed by atoms with van der Waals surface area (Å²) in [6.45, 7) is 0. The molecule has 0 radical (unpaired) electrons. The van der Waals surface area contributed by atoms with Gasteiger partial charge in [0.15, 0.2) is 11.1 Å². The van der Waals surface area contributed by atoms with Crippen LogP contribution >= 0.6 is 0 Å². The fraction of sp³-hybridized carbons (Fsp3) is 0.0714. The lowest BCUT2D eigenvalue weighted by atomic mass is 10.2. The summed E-state index contributed by atoms with van der Waals surface area (Å²) in [7, 11) is 1.61. The van der Waals surface area contributed by atoms with Crippen molar-refractivity contribution in [1.29, 1.82) is 0 Å². The van der Waals surface area contributed by atoms with Gasteiger partial charge in [-0.1, -0.05) is 18.2 Å². The molecule has 4 heteroatoms. The number of rotatable bonds is 2. The molecule has 0 aliphatic carbocycles. The molecule has 0 unspecified atom stereocenters. The average Bonchev–Trinajstić information content (AvgIpc) is 2.82. The van der Waals surface area contributed by atoms with Crippen molar-refractivity contribution in [2.45, 2.75) is 0 Å². The van der Waals surface area contributed by atoms with E-state index in [-0.39, 0.29) is 0 Å². The van der Waals surface area contributed by atoms with E-state index in [1.54, 1.807) is 7.11 Å². The lowest BCUT2D eigenvalue weighted by molar-refractivity contribution is 0.419. The number of ether oxygens (including phenoxy) is 1. The molecule has 0 aliphatic heterocycles. The van der Waals surface area contributed by atoms with Crippen LogP contribution in [0.5, 0.6) is 5.75 Å². The first-order valence-electron chi connectivity index (χ1n) is 5.58. The molecule has 0 spiro atoms. The minimum Gasteiger partial charge on any atom is -0.494 e. The Morgan fingerprint density at radius 1 is 1.11 bits per heavy atom. The van der Waals surface area contributed by atoms with Crippen molar-refractivity contribution >= 4 is 16.8 Å². The normalized spacial score (nSPS) is 10.7. The summed E-state index contributed by atoms with van der Waals surface area (Å²) in [4.78, 5) is 4.44. The Hall–Kier alpha value is -2.49. The zero-order chi connectivity index (χ0) is 12.5. The molecular weight excluding hydrogens is 228 g/mol. The molecule has 2 aromatic carbocycles. The molecule has 90 valence electrons. The van der Waals surface area contributed by atoms with Crippen LogP contribution in [-0.2, 0) is 0 Å². The molecule has 0 amide bonds. The number of aromatic nitrogens is 1. The number of nitrogens with two attached hydrogens (primary N) is 1. The summed E-state index contributed by atoms with van der Waals surface area (Å²) in [5, 5.41) is 0. The first kappa shape index (κ1) is 10.7.